The number of carbonyl (C=O) groups excluding carboxylic acids is 2. The third-order valence-electron chi connectivity index (χ3n) is 3.91. The van der Waals surface area contributed by atoms with Crippen LogP contribution in [-0.2, 0) is 9.59 Å². The van der Waals surface area contributed by atoms with Crippen LogP contribution in [0.5, 0.6) is 0 Å². The van der Waals surface area contributed by atoms with Crippen molar-refractivity contribution >= 4 is 11.8 Å². The number of hydrogen-bond acceptors (Lipinski definition) is 3. The van der Waals surface area contributed by atoms with Crippen LogP contribution in [0.2, 0.25) is 0 Å². The van der Waals surface area contributed by atoms with Gasteiger partial charge in [-0.1, -0.05) is 6.92 Å². The summed E-state index contributed by atoms with van der Waals surface area (Å²) in [5.41, 5.74) is 0. The Bertz CT molecular complexity index is 332. The molecule has 0 aromatic carbocycles. The fraction of sp³-hybridized carbons (Fsp3) is 0.846. The summed E-state index contributed by atoms with van der Waals surface area (Å²) >= 11 is 0. The first-order chi connectivity index (χ1) is 8.63. The molecule has 2 saturated heterocycles. The van der Waals surface area contributed by atoms with Gasteiger partial charge in [0.2, 0.25) is 11.8 Å². The summed E-state index contributed by atoms with van der Waals surface area (Å²) in [6, 6.07) is 0.00498. The van der Waals surface area contributed by atoms with E-state index >= 15 is 0 Å². The van der Waals surface area contributed by atoms with Gasteiger partial charge < -0.3 is 15.5 Å². The Morgan fingerprint density at radius 1 is 1.44 bits per heavy atom. The second-order valence-corrected chi connectivity index (χ2v) is 5.30. The zero-order valence-corrected chi connectivity index (χ0v) is 11.2. The third-order valence-corrected chi connectivity index (χ3v) is 3.91. The van der Waals surface area contributed by atoms with E-state index in [2.05, 4.69) is 17.6 Å². The molecule has 0 aromatic heterocycles. The molecule has 0 spiro atoms. The van der Waals surface area contributed by atoms with Crippen LogP contribution in [0.3, 0.4) is 0 Å². The average Bonchev–Trinajstić information content (AvgIpc) is 2.37. The van der Waals surface area contributed by atoms with Gasteiger partial charge in [-0.15, -0.1) is 0 Å². The lowest BCUT2D eigenvalue weighted by atomic mass is 9.97. The van der Waals surface area contributed by atoms with Gasteiger partial charge in [0.1, 0.15) is 6.04 Å². The van der Waals surface area contributed by atoms with Gasteiger partial charge in [-0.3, -0.25) is 9.59 Å². The van der Waals surface area contributed by atoms with Crippen molar-refractivity contribution in [3.63, 3.8) is 0 Å². The number of nitrogens with one attached hydrogen (secondary N) is 2. The molecule has 0 aliphatic carbocycles. The van der Waals surface area contributed by atoms with E-state index in [1.165, 1.54) is 0 Å². The first-order valence-corrected chi connectivity index (χ1v) is 6.97. The normalized spacial score (nSPS) is 33.1. The van der Waals surface area contributed by atoms with Gasteiger partial charge in [0.25, 0.3) is 0 Å². The van der Waals surface area contributed by atoms with E-state index in [1.54, 1.807) is 4.90 Å². The van der Waals surface area contributed by atoms with Crippen LogP contribution >= 0.6 is 0 Å². The number of nitrogens with zero attached hydrogens (tertiary/aromatic N) is 1. The summed E-state index contributed by atoms with van der Waals surface area (Å²) in [7, 11) is 0. The third kappa shape index (κ3) is 2.66. The second-order valence-electron chi connectivity index (χ2n) is 5.30. The van der Waals surface area contributed by atoms with E-state index in [9.17, 15) is 9.59 Å². The van der Waals surface area contributed by atoms with Crippen molar-refractivity contribution < 1.29 is 9.59 Å². The van der Waals surface area contributed by atoms with Gasteiger partial charge >= 0.3 is 0 Å². The summed E-state index contributed by atoms with van der Waals surface area (Å²) in [5.74, 6) is 0.0872. The Hall–Kier alpha value is -1.10. The largest absolute Gasteiger partial charge is 0.353 e. The molecule has 5 heteroatoms. The Morgan fingerprint density at radius 3 is 2.89 bits per heavy atom. The highest BCUT2D eigenvalue weighted by Crippen LogP contribution is 2.17. The molecular weight excluding hydrogens is 230 g/mol. The lowest BCUT2D eigenvalue weighted by molar-refractivity contribution is -0.145. The predicted molar refractivity (Wildman–Crippen MR) is 69.0 cm³/mol. The maximum absolute atomic E-state index is 12.5. The number of piperazine rings is 1. The van der Waals surface area contributed by atoms with E-state index in [0.29, 0.717) is 25.6 Å². The summed E-state index contributed by atoms with van der Waals surface area (Å²) in [4.78, 5) is 26.0. The summed E-state index contributed by atoms with van der Waals surface area (Å²) in [5, 5.41) is 6.18. The second kappa shape index (κ2) is 5.69. The van der Waals surface area contributed by atoms with Crippen molar-refractivity contribution in [3.05, 3.63) is 0 Å². The lowest BCUT2D eigenvalue weighted by Crippen LogP contribution is -2.61. The molecule has 3 atom stereocenters. The highest BCUT2D eigenvalue weighted by Gasteiger charge is 2.36. The molecule has 2 amide bonds. The molecule has 102 valence electrons. The Labute approximate surface area is 108 Å². The van der Waals surface area contributed by atoms with Crippen molar-refractivity contribution in [2.24, 2.45) is 0 Å². The Morgan fingerprint density at radius 2 is 2.22 bits per heavy atom. The molecule has 0 saturated carbocycles. The van der Waals surface area contributed by atoms with Crippen LogP contribution in [0.4, 0.5) is 0 Å². The first-order valence-electron chi connectivity index (χ1n) is 6.97. The first kappa shape index (κ1) is 13.3. The summed E-state index contributed by atoms with van der Waals surface area (Å²) in [6.45, 7) is 5.27. The SMILES string of the molecule is CCC1C(=O)NCCN1C(=O)C1CCCC(C)N1. The minimum Gasteiger partial charge on any atom is -0.353 e. The maximum atomic E-state index is 12.5. The molecule has 2 aliphatic heterocycles. The van der Waals surface area contributed by atoms with Crippen molar-refractivity contribution in [3.8, 4) is 0 Å². The van der Waals surface area contributed by atoms with Gasteiger partial charge in [-0.2, -0.15) is 0 Å². The van der Waals surface area contributed by atoms with Gasteiger partial charge in [0, 0.05) is 19.1 Å². The number of piperidine rings is 1. The number of rotatable bonds is 2. The van der Waals surface area contributed by atoms with Gasteiger partial charge in [-0.25, -0.2) is 0 Å². The molecule has 2 fully saturated rings. The van der Waals surface area contributed by atoms with Crippen LogP contribution in [0.15, 0.2) is 0 Å². The van der Waals surface area contributed by atoms with Crippen molar-refractivity contribution in [1.82, 2.24) is 15.5 Å². The van der Waals surface area contributed by atoms with E-state index in [-0.39, 0.29) is 23.9 Å². The topological polar surface area (TPSA) is 61.4 Å². The molecule has 2 heterocycles. The van der Waals surface area contributed by atoms with Crippen molar-refractivity contribution in [2.45, 2.75) is 57.7 Å². The minimum atomic E-state index is -0.287. The summed E-state index contributed by atoms with van der Waals surface area (Å²) in [6.07, 6.45) is 3.78. The molecule has 3 unspecified atom stereocenters. The fourth-order valence-corrected chi connectivity index (χ4v) is 2.92. The maximum Gasteiger partial charge on any atom is 0.242 e. The smallest absolute Gasteiger partial charge is 0.242 e. The van der Waals surface area contributed by atoms with E-state index in [1.807, 2.05) is 6.92 Å². The zero-order chi connectivity index (χ0) is 13.1. The zero-order valence-electron chi connectivity index (χ0n) is 11.2. The molecule has 0 radical (unpaired) electrons. The van der Waals surface area contributed by atoms with Crippen LogP contribution in [0, 0.1) is 0 Å². The van der Waals surface area contributed by atoms with Gasteiger partial charge in [0.15, 0.2) is 0 Å². The van der Waals surface area contributed by atoms with Crippen LogP contribution in [0.1, 0.15) is 39.5 Å². The highest BCUT2D eigenvalue weighted by atomic mass is 16.2. The van der Waals surface area contributed by atoms with Crippen LogP contribution < -0.4 is 10.6 Å². The summed E-state index contributed by atoms with van der Waals surface area (Å²) < 4.78 is 0. The highest BCUT2D eigenvalue weighted by molar-refractivity contribution is 5.90. The molecule has 2 rings (SSSR count). The average molecular weight is 253 g/mol. The molecule has 5 nitrogen and oxygen atoms in total. The quantitative estimate of drug-likeness (QED) is 0.742. The molecule has 2 aliphatic rings. The molecule has 18 heavy (non-hydrogen) atoms. The Balaban J connectivity index is 2.04. The van der Waals surface area contributed by atoms with Gasteiger partial charge in [-0.05, 0) is 32.6 Å². The fourth-order valence-electron chi connectivity index (χ4n) is 2.92. The molecular formula is C13H23N3O2. The predicted octanol–water partition coefficient (Wildman–Crippen LogP) is 0.254. The number of hydrogen-bond donors (Lipinski definition) is 2. The van der Waals surface area contributed by atoms with Crippen LogP contribution in [0.25, 0.3) is 0 Å². The minimum absolute atomic E-state index is 0.0130. The molecule has 2 N–H and O–H groups in total. The molecule has 0 aromatic rings. The van der Waals surface area contributed by atoms with Crippen molar-refractivity contribution in [1.29, 1.82) is 0 Å². The van der Waals surface area contributed by atoms with Gasteiger partial charge in [0.05, 0.1) is 6.04 Å². The van der Waals surface area contributed by atoms with E-state index in [0.717, 1.165) is 19.3 Å². The number of amides is 2. The Kier molecular flexibility index (Phi) is 4.22. The number of carbonyl (C=O) groups is 2. The molecule has 0 bridgehead atoms. The van der Waals surface area contributed by atoms with Crippen molar-refractivity contribution in [2.75, 3.05) is 13.1 Å². The monoisotopic (exact) mass is 253 g/mol. The lowest BCUT2D eigenvalue weighted by Gasteiger charge is -2.38. The van der Waals surface area contributed by atoms with E-state index < -0.39 is 0 Å². The standard InChI is InChI=1S/C13H23N3O2/c1-3-11-12(17)14-7-8-16(11)13(18)10-6-4-5-9(2)15-10/h9-11,15H,3-8H2,1-2H3,(H,14,17). The van der Waals surface area contributed by atoms with E-state index in [4.69, 9.17) is 0 Å². The van der Waals surface area contributed by atoms with Crippen LogP contribution in [-0.4, -0.2) is 47.9 Å².